The summed E-state index contributed by atoms with van der Waals surface area (Å²) in [7, 11) is 0. The number of carbonyl (C=O) groups excluding carboxylic acids is 1. The Kier molecular flexibility index (Phi) is 3.01. The van der Waals surface area contributed by atoms with Crippen LogP contribution in [-0.4, -0.2) is 10.9 Å². The number of fused-ring (bicyclic) bond motifs is 1. The average molecular weight is 289 g/mol. The maximum Gasteiger partial charge on any atom is 0.206 e. The lowest BCUT2D eigenvalue weighted by Crippen LogP contribution is -1.97. The highest BCUT2D eigenvalue weighted by Gasteiger charge is 2.19. The fourth-order valence-electron chi connectivity index (χ4n) is 1.93. The van der Waals surface area contributed by atoms with E-state index in [2.05, 4.69) is 0 Å². The first-order valence-electron chi connectivity index (χ1n) is 5.67. The highest BCUT2D eigenvalue weighted by Crippen LogP contribution is 2.39. The molecule has 2 nitrogen and oxygen atoms in total. The number of halogens is 1. The van der Waals surface area contributed by atoms with Crippen LogP contribution in [0.1, 0.15) is 15.2 Å². The molecule has 19 heavy (non-hydrogen) atoms. The number of carbonyl (C=O) groups is 1. The summed E-state index contributed by atoms with van der Waals surface area (Å²) in [5.74, 6) is -0.160. The summed E-state index contributed by atoms with van der Waals surface area (Å²) < 4.78 is 0.848. The molecule has 0 saturated carbocycles. The van der Waals surface area contributed by atoms with Gasteiger partial charge in [-0.25, -0.2) is 0 Å². The molecule has 0 radical (unpaired) electrons. The van der Waals surface area contributed by atoms with Gasteiger partial charge in [-0.3, -0.25) is 4.79 Å². The number of hydrogen-bond donors (Lipinski definition) is 1. The first kappa shape index (κ1) is 12.2. The first-order valence-corrected chi connectivity index (χ1v) is 6.87. The summed E-state index contributed by atoms with van der Waals surface area (Å²) in [4.78, 5) is 12.7. The fourth-order valence-corrected chi connectivity index (χ4v) is 3.14. The molecule has 1 aromatic heterocycles. The molecule has 1 N–H and O–H groups in total. The summed E-state index contributed by atoms with van der Waals surface area (Å²) in [5, 5.41) is 11.3. The SMILES string of the molecule is O=C(c1ccccc1)c1sc2ccc(Cl)cc2c1O. The van der Waals surface area contributed by atoms with Crippen LogP contribution in [0.3, 0.4) is 0 Å². The van der Waals surface area contributed by atoms with Gasteiger partial charge < -0.3 is 5.11 Å². The van der Waals surface area contributed by atoms with Gasteiger partial charge in [-0.05, 0) is 18.2 Å². The van der Waals surface area contributed by atoms with Crippen molar-refractivity contribution in [2.24, 2.45) is 0 Å². The van der Waals surface area contributed by atoms with Gasteiger partial charge in [0.1, 0.15) is 10.6 Å². The van der Waals surface area contributed by atoms with Gasteiger partial charge in [-0.15, -0.1) is 11.3 Å². The minimum absolute atomic E-state index is 0.0105. The molecule has 0 spiro atoms. The molecule has 1 heterocycles. The molecular formula is C15H9ClO2S. The van der Waals surface area contributed by atoms with E-state index in [1.165, 1.54) is 11.3 Å². The second-order valence-electron chi connectivity index (χ2n) is 4.12. The van der Waals surface area contributed by atoms with Crippen molar-refractivity contribution in [1.82, 2.24) is 0 Å². The number of thiophene rings is 1. The third-order valence-corrected chi connectivity index (χ3v) is 4.26. The van der Waals surface area contributed by atoms with Crippen LogP contribution < -0.4 is 0 Å². The van der Waals surface area contributed by atoms with Gasteiger partial charge in [0.25, 0.3) is 0 Å². The Bertz CT molecular complexity index is 762. The van der Waals surface area contributed by atoms with E-state index < -0.39 is 0 Å². The van der Waals surface area contributed by atoms with Gasteiger partial charge in [0.05, 0.1) is 0 Å². The standard InChI is InChI=1S/C15H9ClO2S/c16-10-6-7-12-11(8-10)14(18)15(19-12)13(17)9-4-2-1-3-5-9/h1-8,18H. The highest BCUT2D eigenvalue weighted by atomic mass is 35.5. The molecule has 0 amide bonds. The predicted octanol–water partition coefficient (Wildman–Crippen LogP) is 4.49. The van der Waals surface area contributed by atoms with Crippen molar-refractivity contribution in [3.63, 3.8) is 0 Å². The van der Waals surface area contributed by atoms with E-state index >= 15 is 0 Å². The van der Waals surface area contributed by atoms with Crippen LogP contribution >= 0.6 is 22.9 Å². The fraction of sp³-hybridized carbons (Fsp3) is 0. The maximum absolute atomic E-state index is 12.3. The second kappa shape index (κ2) is 4.68. The summed E-state index contributed by atoms with van der Waals surface area (Å²) in [5.41, 5.74) is 0.565. The Morgan fingerprint density at radius 2 is 1.84 bits per heavy atom. The van der Waals surface area contributed by atoms with E-state index in [0.29, 0.717) is 20.8 Å². The minimum Gasteiger partial charge on any atom is -0.506 e. The Labute approximate surface area is 118 Å². The number of benzene rings is 2. The third-order valence-electron chi connectivity index (χ3n) is 2.87. The van der Waals surface area contributed by atoms with E-state index in [1.807, 2.05) is 12.1 Å². The predicted molar refractivity (Wildman–Crippen MR) is 78.4 cm³/mol. The van der Waals surface area contributed by atoms with Crippen molar-refractivity contribution in [3.05, 3.63) is 64.0 Å². The van der Waals surface area contributed by atoms with Crippen molar-refractivity contribution in [3.8, 4) is 5.75 Å². The number of ketones is 1. The van der Waals surface area contributed by atoms with Crippen molar-refractivity contribution in [2.45, 2.75) is 0 Å². The topological polar surface area (TPSA) is 37.3 Å². The van der Waals surface area contributed by atoms with E-state index in [-0.39, 0.29) is 11.5 Å². The minimum atomic E-state index is -0.171. The number of hydrogen-bond acceptors (Lipinski definition) is 3. The monoisotopic (exact) mass is 288 g/mol. The van der Waals surface area contributed by atoms with E-state index in [0.717, 1.165) is 4.70 Å². The lowest BCUT2D eigenvalue weighted by molar-refractivity contribution is 0.104. The molecule has 0 aliphatic heterocycles. The molecule has 3 rings (SSSR count). The third kappa shape index (κ3) is 2.11. The van der Waals surface area contributed by atoms with Gasteiger partial charge in [-0.2, -0.15) is 0 Å². The summed E-state index contributed by atoms with van der Waals surface area (Å²) in [6.45, 7) is 0. The van der Waals surface area contributed by atoms with Crippen LogP contribution in [0.15, 0.2) is 48.5 Å². The molecule has 0 atom stereocenters. The normalized spacial score (nSPS) is 10.8. The van der Waals surface area contributed by atoms with Gasteiger partial charge >= 0.3 is 0 Å². The molecule has 4 heteroatoms. The van der Waals surface area contributed by atoms with Gasteiger partial charge in [0, 0.05) is 20.7 Å². The van der Waals surface area contributed by atoms with Gasteiger partial charge in [-0.1, -0.05) is 41.9 Å². The number of aromatic hydroxyl groups is 1. The summed E-state index contributed by atoms with van der Waals surface area (Å²) >= 11 is 7.18. The lowest BCUT2D eigenvalue weighted by Gasteiger charge is -1.98. The van der Waals surface area contributed by atoms with Crippen LogP contribution in [-0.2, 0) is 0 Å². The zero-order chi connectivity index (χ0) is 13.4. The zero-order valence-corrected chi connectivity index (χ0v) is 11.3. The largest absolute Gasteiger partial charge is 0.506 e. The van der Waals surface area contributed by atoms with Crippen molar-refractivity contribution < 1.29 is 9.90 Å². The van der Waals surface area contributed by atoms with E-state index in [1.54, 1.807) is 36.4 Å². The van der Waals surface area contributed by atoms with E-state index in [9.17, 15) is 9.90 Å². The van der Waals surface area contributed by atoms with Crippen LogP contribution in [0.25, 0.3) is 10.1 Å². The Hall–Kier alpha value is -1.84. The van der Waals surface area contributed by atoms with Gasteiger partial charge in [0.15, 0.2) is 0 Å². The molecular weight excluding hydrogens is 280 g/mol. The quantitative estimate of drug-likeness (QED) is 0.705. The first-order chi connectivity index (χ1) is 9.16. The average Bonchev–Trinajstić information content (AvgIpc) is 2.76. The lowest BCUT2D eigenvalue weighted by atomic mass is 10.1. The highest BCUT2D eigenvalue weighted by molar-refractivity contribution is 7.21. The van der Waals surface area contributed by atoms with Crippen molar-refractivity contribution in [2.75, 3.05) is 0 Å². The van der Waals surface area contributed by atoms with Crippen molar-refractivity contribution in [1.29, 1.82) is 0 Å². The second-order valence-corrected chi connectivity index (χ2v) is 5.60. The van der Waals surface area contributed by atoms with Gasteiger partial charge in [0.2, 0.25) is 5.78 Å². The molecule has 94 valence electrons. The van der Waals surface area contributed by atoms with E-state index in [4.69, 9.17) is 11.6 Å². The zero-order valence-electron chi connectivity index (χ0n) is 9.76. The molecule has 0 fully saturated rings. The van der Waals surface area contributed by atoms with Crippen LogP contribution in [0, 0.1) is 0 Å². The number of rotatable bonds is 2. The summed E-state index contributed by atoms with van der Waals surface area (Å²) in [6, 6.07) is 14.1. The molecule has 0 aliphatic carbocycles. The van der Waals surface area contributed by atoms with Crippen LogP contribution in [0.4, 0.5) is 0 Å². The molecule has 0 saturated heterocycles. The Morgan fingerprint density at radius 3 is 2.58 bits per heavy atom. The molecule has 3 aromatic rings. The smallest absolute Gasteiger partial charge is 0.206 e. The molecule has 2 aromatic carbocycles. The molecule has 0 unspecified atom stereocenters. The van der Waals surface area contributed by atoms with Crippen molar-refractivity contribution >= 4 is 38.8 Å². The molecule has 0 aliphatic rings. The summed E-state index contributed by atoms with van der Waals surface area (Å²) in [6.07, 6.45) is 0. The van der Waals surface area contributed by atoms with Crippen LogP contribution in [0.2, 0.25) is 5.02 Å². The molecule has 0 bridgehead atoms. The Morgan fingerprint density at radius 1 is 1.11 bits per heavy atom. The maximum atomic E-state index is 12.3. The van der Waals surface area contributed by atoms with Crippen LogP contribution in [0.5, 0.6) is 5.75 Å². The Balaban J connectivity index is 2.16.